The molecule has 1 heterocycles. The van der Waals surface area contributed by atoms with E-state index in [2.05, 4.69) is 10.2 Å². The highest BCUT2D eigenvalue weighted by Crippen LogP contribution is 2.28. The lowest BCUT2D eigenvalue weighted by molar-refractivity contribution is -0.126. The number of nitrogens with zero attached hydrogens (tertiary/aromatic N) is 1. The van der Waals surface area contributed by atoms with Gasteiger partial charge in [0, 0.05) is 13.1 Å². The molecule has 1 aliphatic rings. The van der Waals surface area contributed by atoms with Crippen LogP contribution in [0.3, 0.4) is 0 Å². The molecule has 1 N–H and O–H groups in total. The fourth-order valence-electron chi connectivity index (χ4n) is 2.00. The van der Waals surface area contributed by atoms with Crippen molar-refractivity contribution < 1.29 is 13.6 Å². The zero-order chi connectivity index (χ0) is 12.3. The molecule has 0 atom stereocenters. The van der Waals surface area contributed by atoms with E-state index in [0.717, 1.165) is 31.6 Å². The second-order valence-corrected chi connectivity index (χ2v) is 4.00. The van der Waals surface area contributed by atoms with Crippen molar-refractivity contribution >= 4 is 17.3 Å². The van der Waals surface area contributed by atoms with Crippen LogP contribution in [0.5, 0.6) is 0 Å². The Hall–Kier alpha value is -1.65. The molecule has 1 aromatic carbocycles. The lowest BCUT2D eigenvalue weighted by Crippen LogP contribution is -2.24. The Labute approximate surface area is 98.4 Å². The largest absolute Gasteiger partial charge is 0.370 e. The van der Waals surface area contributed by atoms with Crippen molar-refractivity contribution in [3.63, 3.8) is 0 Å². The number of nitrogens with one attached hydrogen (secondary N) is 1. The van der Waals surface area contributed by atoms with Crippen molar-refractivity contribution in [2.75, 3.05) is 23.3 Å². The van der Waals surface area contributed by atoms with Crippen LogP contribution >= 0.6 is 0 Å². The Morgan fingerprint density at radius 3 is 2.53 bits per heavy atom. The topological polar surface area (TPSA) is 32.3 Å². The highest BCUT2D eigenvalue weighted by Gasteiger charge is 2.19. The number of halogens is 2. The van der Waals surface area contributed by atoms with Crippen LogP contribution in [-0.2, 0) is 4.79 Å². The van der Waals surface area contributed by atoms with Crippen LogP contribution in [0.25, 0.3) is 0 Å². The lowest BCUT2D eigenvalue weighted by Gasteiger charge is -2.21. The molecule has 3 nitrogen and oxygen atoms in total. The summed E-state index contributed by atoms with van der Waals surface area (Å²) in [5.41, 5.74) is 1.28. The number of benzene rings is 1. The molecular formula is C12H14F2N2O. The molecular weight excluding hydrogens is 226 g/mol. The summed E-state index contributed by atoms with van der Waals surface area (Å²) < 4.78 is 24.4. The van der Waals surface area contributed by atoms with Crippen LogP contribution < -0.4 is 10.2 Å². The Kier molecular flexibility index (Phi) is 3.56. The van der Waals surface area contributed by atoms with E-state index in [-0.39, 0.29) is 0 Å². The zero-order valence-corrected chi connectivity index (χ0v) is 9.33. The number of hydrogen-bond acceptors (Lipinski definition) is 2. The fraction of sp³-hybridized carbons (Fsp3) is 0.417. The summed E-state index contributed by atoms with van der Waals surface area (Å²) >= 11 is 0. The van der Waals surface area contributed by atoms with Crippen LogP contribution in [0, 0.1) is 0 Å². The molecule has 1 aromatic rings. The van der Waals surface area contributed by atoms with Crippen molar-refractivity contribution in [1.82, 2.24) is 0 Å². The van der Waals surface area contributed by atoms with E-state index >= 15 is 0 Å². The van der Waals surface area contributed by atoms with Crippen molar-refractivity contribution in [2.24, 2.45) is 0 Å². The first-order valence-corrected chi connectivity index (χ1v) is 5.61. The van der Waals surface area contributed by atoms with Gasteiger partial charge in [0.1, 0.15) is 0 Å². The summed E-state index contributed by atoms with van der Waals surface area (Å²) in [5, 5.41) is 2.26. The number of hydrogen-bond donors (Lipinski definition) is 1. The fourth-order valence-corrected chi connectivity index (χ4v) is 2.00. The average Bonchev–Trinajstić information content (AvgIpc) is 2.83. The van der Waals surface area contributed by atoms with Gasteiger partial charge in [-0.3, -0.25) is 4.79 Å². The van der Waals surface area contributed by atoms with E-state index < -0.39 is 12.3 Å². The maximum absolute atomic E-state index is 12.2. The number of para-hydroxylation sites is 2. The molecule has 17 heavy (non-hydrogen) atoms. The first-order chi connectivity index (χ1) is 8.18. The molecule has 1 aliphatic heterocycles. The maximum atomic E-state index is 12.2. The summed E-state index contributed by atoms with van der Waals surface area (Å²) in [6, 6.07) is 7.05. The van der Waals surface area contributed by atoms with Gasteiger partial charge in [-0.15, -0.1) is 0 Å². The van der Waals surface area contributed by atoms with Crippen LogP contribution in [-0.4, -0.2) is 25.4 Å². The minimum Gasteiger partial charge on any atom is -0.370 e. The average molecular weight is 240 g/mol. The van der Waals surface area contributed by atoms with Gasteiger partial charge in [0.25, 0.3) is 5.91 Å². The van der Waals surface area contributed by atoms with Gasteiger partial charge in [-0.2, -0.15) is 8.78 Å². The van der Waals surface area contributed by atoms with Gasteiger partial charge < -0.3 is 10.2 Å². The second-order valence-electron chi connectivity index (χ2n) is 4.00. The standard InChI is InChI=1S/C12H14F2N2O/c13-11(14)12(17)15-9-5-1-2-6-10(9)16-7-3-4-8-16/h1-2,5-6,11H,3-4,7-8H2,(H,15,17). The summed E-state index contributed by atoms with van der Waals surface area (Å²) in [4.78, 5) is 13.1. The third-order valence-electron chi connectivity index (χ3n) is 2.81. The molecule has 1 fully saturated rings. The van der Waals surface area contributed by atoms with Crippen molar-refractivity contribution in [1.29, 1.82) is 0 Å². The van der Waals surface area contributed by atoms with Gasteiger partial charge in [-0.25, -0.2) is 0 Å². The van der Waals surface area contributed by atoms with Gasteiger partial charge in [0.05, 0.1) is 11.4 Å². The third-order valence-corrected chi connectivity index (χ3v) is 2.81. The molecule has 0 aromatic heterocycles. The monoisotopic (exact) mass is 240 g/mol. The van der Waals surface area contributed by atoms with Gasteiger partial charge in [-0.05, 0) is 25.0 Å². The lowest BCUT2D eigenvalue weighted by atomic mass is 10.2. The number of rotatable bonds is 3. The Bertz CT molecular complexity index is 403. The normalized spacial score (nSPS) is 15.4. The molecule has 1 amide bonds. The van der Waals surface area contributed by atoms with E-state index in [1.54, 1.807) is 12.1 Å². The summed E-state index contributed by atoms with van der Waals surface area (Å²) in [6.45, 7) is 1.81. The summed E-state index contributed by atoms with van der Waals surface area (Å²) in [7, 11) is 0. The number of anilines is 2. The van der Waals surface area contributed by atoms with E-state index in [4.69, 9.17) is 0 Å². The minimum atomic E-state index is -2.98. The Morgan fingerprint density at radius 2 is 1.88 bits per heavy atom. The van der Waals surface area contributed by atoms with Gasteiger partial charge in [0.2, 0.25) is 0 Å². The highest BCUT2D eigenvalue weighted by molar-refractivity contribution is 5.96. The highest BCUT2D eigenvalue weighted by atomic mass is 19.3. The van der Waals surface area contributed by atoms with Gasteiger partial charge >= 0.3 is 6.43 Å². The Morgan fingerprint density at radius 1 is 1.24 bits per heavy atom. The first kappa shape index (κ1) is 11.8. The predicted molar refractivity (Wildman–Crippen MR) is 62.5 cm³/mol. The van der Waals surface area contributed by atoms with E-state index in [1.807, 2.05) is 12.1 Å². The van der Waals surface area contributed by atoms with Crippen molar-refractivity contribution in [2.45, 2.75) is 19.3 Å². The predicted octanol–water partition coefficient (Wildman–Crippen LogP) is 2.49. The van der Waals surface area contributed by atoms with E-state index in [1.165, 1.54) is 0 Å². The third kappa shape index (κ3) is 2.72. The smallest absolute Gasteiger partial charge is 0.315 e. The molecule has 0 saturated carbocycles. The quantitative estimate of drug-likeness (QED) is 0.880. The van der Waals surface area contributed by atoms with E-state index in [0.29, 0.717) is 5.69 Å². The molecule has 0 aliphatic carbocycles. The number of alkyl halides is 2. The summed E-state index contributed by atoms with van der Waals surface area (Å²) in [6.07, 6.45) is -0.796. The van der Waals surface area contributed by atoms with Crippen molar-refractivity contribution in [3.8, 4) is 0 Å². The van der Waals surface area contributed by atoms with Gasteiger partial charge in [0.15, 0.2) is 0 Å². The molecule has 0 spiro atoms. The SMILES string of the molecule is O=C(Nc1ccccc1N1CCCC1)C(F)F. The Balaban J connectivity index is 2.18. The molecule has 92 valence electrons. The summed E-state index contributed by atoms with van der Waals surface area (Å²) in [5.74, 6) is -1.25. The minimum absolute atomic E-state index is 0.458. The van der Waals surface area contributed by atoms with Crippen LogP contribution in [0.15, 0.2) is 24.3 Å². The zero-order valence-electron chi connectivity index (χ0n) is 9.33. The number of carbonyl (C=O) groups excluding carboxylic acids is 1. The van der Waals surface area contributed by atoms with Crippen LogP contribution in [0.2, 0.25) is 0 Å². The molecule has 0 bridgehead atoms. The number of carbonyl (C=O) groups is 1. The molecule has 2 rings (SSSR count). The van der Waals surface area contributed by atoms with E-state index in [9.17, 15) is 13.6 Å². The number of amides is 1. The molecule has 0 radical (unpaired) electrons. The molecule has 0 unspecified atom stereocenters. The van der Waals surface area contributed by atoms with Crippen molar-refractivity contribution in [3.05, 3.63) is 24.3 Å². The van der Waals surface area contributed by atoms with Crippen LogP contribution in [0.4, 0.5) is 20.2 Å². The maximum Gasteiger partial charge on any atom is 0.315 e. The first-order valence-electron chi connectivity index (χ1n) is 5.61. The second kappa shape index (κ2) is 5.12. The molecule has 5 heteroatoms. The molecule has 1 saturated heterocycles. The van der Waals surface area contributed by atoms with Gasteiger partial charge in [-0.1, -0.05) is 12.1 Å². The van der Waals surface area contributed by atoms with Crippen LogP contribution in [0.1, 0.15) is 12.8 Å².